The molecule has 0 unspecified atom stereocenters. The van der Waals surface area contributed by atoms with Gasteiger partial charge in [-0.15, -0.1) is 21.8 Å². The summed E-state index contributed by atoms with van der Waals surface area (Å²) in [5, 5.41) is 8.19. The molecule has 4 nitrogen and oxygen atoms in total. The molecule has 2 aromatic carbocycles. The summed E-state index contributed by atoms with van der Waals surface area (Å²) in [6, 6.07) is 13.4. The monoisotopic (exact) mass is 339 g/mol. The van der Waals surface area contributed by atoms with E-state index in [0.717, 1.165) is 16.8 Å². The van der Waals surface area contributed by atoms with Gasteiger partial charge in [-0.2, -0.15) is 0 Å². The van der Waals surface area contributed by atoms with E-state index in [0.29, 0.717) is 22.8 Å². The number of aromatic nitrogens is 3. The molecular weight excluding hydrogens is 322 g/mol. The summed E-state index contributed by atoms with van der Waals surface area (Å²) >= 11 is 5.99. The van der Waals surface area contributed by atoms with E-state index in [1.807, 2.05) is 67.8 Å². The lowest BCUT2D eigenvalue weighted by Gasteiger charge is -2.14. The van der Waals surface area contributed by atoms with Crippen LogP contribution in [-0.4, -0.2) is 20.5 Å². The van der Waals surface area contributed by atoms with Crippen molar-refractivity contribution in [3.8, 4) is 5.69 Å². The minimum Gasteiger partial charge on any atom is -0.289 e. The van der Waals surface area contributed by atoms with Crippen molar-refractivity contribution in [1.29, 1.82) is 0 Å². The van der Waals surface area contributed by atoms with Crippen molar-refractivity contribution in [3.05, 3.63) is 76.4 Å². The van der Waals surface area contributed by atoms with Crippen LogP contribution in [0, 0.1) is 20.8 Å². The Kier molecular flexibility index (Phi) is 4.49. The van der Waals surface area contributed by atoms with Crippen molar-refractivity contribution in [1.82, 2.24) is 14.8 Å². The Bertz CT molecular complexity index is 915. The quantitative estimate of drug-likeness (QED) is 0.529. The van der Waals surface area contributed by atoms with Gasteiger partial charge in [-0.05, 0) is 38.5 Å². The summed E-state index contributed by atoms with van der Waals surface area (Å²) in [5.74, 6) is 1.54. The lowest BCUT2D eigenvalue weighted by Crippen LogP contribution is -2.11. The van der Waals surface area contributed by atoms with Crippen molar-refractivity contribution in [2.24, 2.45) is 0 Å². The largest absolute Gasteiger partial charge is 0.289 e. The van der Waals surface area contributed by atoms with Gasteiger partial charge in [0.15, 0.2) is 11.6 Å². The molecule has 3 rings (SSSR count). The van der Waals surface area contributed by atoms with Crippen LogP contribution in [0.3, 0.4) is 0 Å². The van der Waals surface area contributed by atoms with Gasteiger partial charge in [0, 0.05) is 11.1 Å². The molecule has 0 aliphatic heterocycles. The molecule has 3 aromatic rings. The van der Waals surface area contributed by atoms with E-state index in [-0.39, 0.29) is 11.7 Å². The summed E-state index contributed by atoms with van der Waals surface area (Å²) < 4.78 is 1.85. The normalized spacial score (nSPS) is 10.8. The van der Waals surface area contributed by atoms with Crippen LogP contribution in [0.5, 0.6) is 0 Å². The minimum absolute atomic E-state index is 0.0135. The van der Waals surface area contributed by atoms with Gasteiger partial charge in [0.25, 0.3) is 0 Å². The molecule has 0 aliphatic rings. The number of carbonyl (C=O) groups is 1. The predicted molar refractivity (Wildman–Crippen MR) is 95.0 cm³/mol. The summed E-state index contributed by atoms with van der Waals surface area (Å²) in [7, 11) is 0. The molecule has 0 bridgehead atoms. The summed E-state index contributed by atoms with van der Waals surface area (Å²) in [6.45, 7) is 5.77. The second-order valence-corrected chi connectivity index (χ2v) is 6.06. The van der Waals surface area contributed by atoms with Crippen LogP contribution in [0.1, 0.15) is 38.7 Å². The third kappa shape index (κ3) is 2.85. The topological polar surface area (TPSA) is 47.8 Å². The number of benzene rings is 2. The summed E-state index contributed by atoms with van der Waals surface area (Å²) in [4.78, 5) is 13.2. The fourth-order valence-corrected chi connectivity index (χ4v) is 2.98. The van der Waals surface area contributed by atoms with Crippen LogP contribution in [0.4, 0.5) is 0 Å². The first-order valence-electron chi connectivity index (χ1n) is 7.71. The van der Waals surface area contributed by atoms with Gasteiger partial charge in [-0.1, -0.05) is 35.9 Å². The SMILES string of the molecule is Cc1ccc(-n2c(C)nnc2CCl)c(C(=O)c2ccccc2C)c1. The van der Waals surface area contributed by atoms with E-state index in [9.17, 15) is 4.79 Å². The van der Waals surface area contributed by atoms with Crippen molar-refractivity contribution >= 4 is 17.4 Å². The molecule has 1 heterocycles. The maximum atomic E-state index is 13.2. The third-order valence-corrected chi connectivity index (χ3v) is 4.28. The standard InChI is InChI=1S/C19H18ClN3O/c1-12-8-9-17(23-14(3)21-22-18(23)11-20)16(10-12)19(24)15-7-5-4-6-13(15)2/h4-10H,11H2,1-3H3. The lowest BCUT2D eigenvalue weighted by atomic mass is 9.96. The second kappa shape index (κ2) is 6.57. The molecule has 122 valence electrons. The molecule has 0 radical (unpaired) electrons. The van der Waals surface area contributed by atoms with Crippen LogP contribution >= 0.6 is 11.6 Å². The summed E-state index contributed by atoms with van der Waals surface area (Å²) in [6.07, 6.45) is 0. The first-order chi connectivity index (χ1) is 11.5. The van der Waals surface area contributed by atoms with Crippen LogP contribution in [0.2, 0.25) is 0 Å². The van der Waals surface area contributed by atoms with Gasteiger partial charge in [-0.25, -0.2) is 0 Å². The van der Waals surface area contributed by atoms with Crippen LogP contribution in [0.15, 0.2) is 42.5 Å². The second-order valence-electron chi connectivity index (χ2n) is 5.80. The highest BCUT2D eigenvalue weighted by atomic mass is 35.5. The Morgan fingerprint density at radius 1 is 1.04 bits per heavy atom. The predicted octanol–water partition coefficient (Wildman–Crippen LogP) is 4.16. The van der Waals surface area contributed by atoms with Crippen LogP contribution < -0.4 is 0 Å². The average molecular weight is 340 g/mol. The smallest absolute Gasteiger partial charge is 0.195 e. The Balaban J connectivity index is 2.22. The highest BCUT2D eigenvalue weighted by molar-refractivity contribution is 6.16. The molecular formula is C19H18ClN3O. The molecule has 0 aliphatic carbocycles. The number of ketones is 1. The average Bonchev–Trinajstić information content (AvgIpc) is 2.95. The number of hydrogen-bond donors (Lipinski definition) is 0. The fraction of sp³-hybridized carbons (Fsp3) is 0.211. The molecule has 0 atom stereocenters. The molecule has 5 heteroatoms. The van der Waals surface area contributed by atoms with E-state index in [1.165, 1.54) is 0 Å². The zero-order chi connectivity index (χ0) is 17.3. The first-order valence-corrected chi connectivity index (χ1v) is 8.24. The van der Waals surface area contributed by atoms with E-state index in [2.05, 4.69) is 10.2 Å². The van der Waals surface area contributed by atoms with Crippen LogP contribution in [-0.2, 0) is 5.88 Å². The molecule has 0 saturated carbocycles. The number of alkyl halides is 1. The molecule has 0 N–H and O–H groups in total. The molecule has 0 amide bonds. The molecule has 0 saturated heterocycles. The number of carbonyl (C=O) groups excluding carboxylic acids is 1. The fourth-order valence-electron chi connectivity index (χ4n) is 2.81. The van der Waals surface area contributed by atoms with Crippen molar-refractivity contribution < 1.29 is 4.79 Å². The van der Waals surface area contributed by atoms with Gasteiger partial charge in [-0.3, -0.25) is 9.36 Å². The Hall–Kier alpha value is -2.46. The number of halogens is 1. The van der Waals surface area contributed by atoms with E-state index in [1.54, 1.807) is 0 Å². The third-order valence-electron chi connectivity index (χ3n) is 4.04. The Labute approximate surface area is 146 Å². The van der Waals surface area contributed by atoms with Crippen molar-refractivity contribution in [2.45, 2.75) is 26.7 Å². The zero-order valence-electron chi connectivity index (χ0n) is 13.9. The minimum atomic E-state index is -0.0135. The first kappa shape index (κ1) is 16.4. The Morgan fingerprint density at radius 2 is 1.79 bits per heavy atom. The molecule has 1 aromatic heterocycles. The van der Waals surface area contributed by atoms with Crippen molar-refractivity contribution in [2.75, 3.05) is 0 Å². The maximum Gasteiger partial charge on any atom is 0.195 e. The molecule has 24 heavy (non-hydrogen) atoms. The van der Waals surface area contributed by atoms with E-state index < -0.39 is 0 Å². The van der Waals surface area contributed by atoms with Gasteiger partial charge in [0.2, 0.25) is 0 Å². The zero-order valence-corrected chi connectivity index (χ0v) is 14.6. The van der Waals surface area contributed by atoms with Gasteiger partial charge >= 0.3 is 0 Å². The number of nitrogens with zero attached hydrogens (tertiary/aromatic N) is 3. The van der Waals surface area contributed by atoms with Gasteiger partial charge in [0.1, 0.15) is 5.82 Å². The molecule has 0 spiro atoms. The number of rotatable bonds is 4. The summed E-state index contributed by atoms with van der Waals surface area (Å²) in [5.41, 5.74) is 4.05. The van der Waals surface area contributed by atoms with Crippen LogP contribution in [0.25, 0.3) is 5.69 Å². The van der Waals surface area contributed by atoms with Gasteiger partial charge < -0.3 is 0 Å². The highest BCUT2D eigenvalue weighted by Crippen LogP contribution is 2.24. The van der Waals surface area contributed by atoms with Crippen molar-refractivity contribution in [3.63, 3.8) is 0 Å². The number of hydrogen-bond acceptors (Lipinski definition) is 3. The number of aryl methyl sites for hydroxylation is 3. The molecule has 0 fully saturated rings. The maximum absolute atomic E-state index is 13.2. The Morgan fingerprint density at radius 3 is 2.50 bits per heavy atom. The van der Waals surface area contributed by atoms with Gasteiger partial charge in [0.05, 0.1) is 11.6 Å². The van der Waals surface area contributed by atoms with E-state index >= 15 is 0 Å². The lowest BCUT2D eigenvalue weighted by molar-refractivity contribution is 0.103. The highest BCUT2D eigenvalue weighted by Gasteiger charge is 2.20. The van der Waals surface area contributed by atoms with E-state index in [4.69, 9.17) is 11.6 Å².